The van der Waals surface area contributed by atoms with Gasteiger partial charge in [0.1, 0.15) is 5.75 Å². The van der Waals surface area contributed by atoms with Gasteiger partial charge in [-0.2, -0.15) is 4.39 Å². The minimum absolute atomic E-state index is 0. The lowest BCUT2D eigenvalue weighted by atomic mass is 10.0. The largest absolute Gasteiger partial charge is 0.484 e. The number of nitrogens with one attached hydrogen (secondary N) is 1. The predicted octanol–water partition coefficient (Wildman–Crippen LogP) is 2.02. The fourth-order valence-electron chi connectivity index (χ4n) is 1.93. The smallest absolute Gasteiger partial charge is 0.305 e. The molecular weight excluding hydrogens is 329 g/mol. The highest BCUT2D eigenvalue weighted by Crippen LogP contribution is 2.22. The average molecular weight is 350 g/mol. The van der Waals surface area contributed by atoms with Gasteiger partial charge in [-0.1, -0.05) is 13.8 Å². The molecule has 130 valence electrons. The number of amides is 1. The number of nitro benzene ring substituents is 1. The Bertz CT molecular complexity index is 543. The normalized spacial score (nSPS) is 11.5. The van der Waals surface area contributed by atoms with E-state index in [1.54, 1.807) is 0 Å². The van der Waals surface area contributed by atoms with E-state index in [0.717, 1.165) is 18.6 Å². The highest BCUT2D eigenvalue weighted by molar-refractivity contribution is 5.85. The first-order valence-corrected chi connectivity index (χ1v) is 6.89. The van der Waals surface area contributed by atoms with Crippen molar-refractivity contribution in [1.82, 2.24) is 5.32 Å². The van der Waals surface area contributed by atoms with Crippen molar-refractivity contribution in [2.75, 3.05) is 13.2 Å². The number of carbonyl (C=O) groups is 1. The molecule has 1 aromatic rings. The number of ether oxygens (including phenoxy) is 1. The predicted molar refractivity (Wildman–Crippen MR) is 86.2 cm³/mol. The molecule has 9 heteroatoms. The van der Waals surface area contributed by atoms with Crippen LogP contribution in [-0.2, 0) is 4.79 Å². The van der Waals surface area contributed by atoms with E-state index in [4.69, 9.17) is 10.5 Å². The number of benzene rings is 1. The first kappa shape index (κ1) is 21.1. The van der Waals surface area contributed by atoms with Gasteiger partial charge in [-0.15, -0.1) is 12.4 Å². The van der Waals surface area contributed by atoms with Crippen molar-refractivity contribution in [1.29, 1.82) is 0 Å². The number of carbonyl (C=O) groups excluding carboxylic acids is 1. The lowest BCUT2D eigenvalue weighted by Crippen LogP contribution is -2.43. The van der Waals surface area contributed by atoms with E-state index in [1.807, 2.05) is 13.8 Å². The minimum Gasteiger partial charge on any atom is -0.484 e. The summed E-state index contributed by atoms with van der Waals surface area (Å²) in [5.74, 6) is -0.956. The summed E-state index contributed by atoms with van der Waals surface area (Å²) >= 11 is 0. The molecule has 0 saturated heterocycles. The zero-order valence-electron chi connectivity index (χ0n) is 13.0. The van der Waals surface area contributed by atoms with Crippen molar-refractivity contribution in [3.8, 4) is 5.75 Å². The maximum Gasteiger partial charge on any atom is 0.305 e. The molecule has 1 aromatic carbocycles. The lowest BCUT2D eigenvalue weighted by Gasteiger charge is -2.18. The summed E-state index contributed by atoms with van der Waals surface area (Å²) in [6.07, 6.45) is 0.744. The Labute approximate surface area is 139 Å². The van der Waals surface area contributed by atoms with Crippen LogP contribution in [0.3, 0.4) is 0 Å². The Morgan fingerprint density at radius 2 is 2.13 bits per heavy atom. The van der Waals surface area contributed by atoms with Crippen molar-refractivity contribution in [3.63, 3.8) is 0 Å². The van der Waals surface area contributed by atoms with Gasteiger partial charge in [-0.25, -0.2) is 0 Å². The van der Waals surface area contributed by atoms with Crippen LogP contribution >= 0.6 is 12.4 Å². The Morgan fingerprint density at radius 3 is 2.61 bits per heavy atom. The molecule has 0 aliphatic heterocycles. The summed E-state index contributed by atoms with van der Waals surface area (Å²) in [5.41, 5.74) is 4.93. The van der Waals surface area contributed by atoms with Gasteiger partial charge in [0.15, 0.2) is 6.61 Å². The highest BCUT2D eigenvalue weighted by Gasteiger charge is 2.16. The summed E-state index contributed by atoms with van der Waals surface area (Å²) < 4.78 is 18.5. The topological polar surface area (TPSA) is 107 Å². The minimum atomic E-state index is -1.01. The van der Waals surface area contributed by atoms with Crippen LogP contribution in [0.15, 0.2) is 18.2 Å². The summed E-state index contributed by atoms with van der Waals surface area (Å²) in [5, 5.41) is 13.2. The van der Waals surface area contributed by atoms with E-state index in [0.29, 0.717) is 12.5 Å². The van der Waals surface area contributed by atoms with Gasteiger partial charge >= 0.3 is 5.69 Å². The van der Waals surface area contributed by atoms with Crippen molar-refractivity contribution < 1.29 is 18.8 Å². The molecule has 0 radical (unpaired) electrons. The Morgan fingerprint density at radius 1 is 1.48 bits per heavy atom. The SMILES string of the molecule is CC(C)CC(CN)NC(=O)COc1ccc([N+](=O)[O-])c(F)c1.Cl. The van der Waals surface area contributed by atoms with Crippen LogP contribution in [0.5, 0.6) is 5.75 Å². The second-order valence-electron chi connectivity index (χ2n) is 5.29. The van der Waals surface area contributed by atoms with E-state index in [-0.39, 0.29) is 36.7 Å². The quantitative estimate of drug-likeness (QED) is 0.551. The van der Waals surface area contributed by atoms with Gasteiger partial charge in [0.05, 0.1) is 4.92 Å². The van der Waals surface area contributed by atoms with Crippen molar-refractivity contribution >= 4 is 24.0 Å². The second kappa shape index (κ2) is 9.96. The fourth-order valence-corrected chi connectivity index (χ4v) is 1.93. The maximum atomic E-state index is 13.4. The monoisotopic (exact) mass is 349 g/mol. The molecule has 0 aliphatic rings. The third-order valence-corrected chi connectivity index (χ3v) is 2.89. The zero-order valence-corrected chi connectivity index (χ0v) is 13.8. The molecule has 0 saturated carbocycles. The number of rotatable bonds is 8. The van der Waals surface area contributed by atoms with Crippen LogP contribution in [0.2, 0.25) is 0 Å². The van der Waals surface area contributed by atoms with E-state index in [2.05, 4.69) is 5.32 Å². The molecule has 1 amide bonds. The fraction of sp³-hybridized carbons (Fsp3) is 0.500. The molecule has 0 aromatic heterocycles. The van der Waals surface area contributed by atoms with Crippen LogP contribution in [0, 0.1) is 21.8 Å². The zero-order chi connectivity index (χ0) is 16.7. The van der Waals surface area contributed by atoms with Gasteiger partial charge < -0.3 is 15.8 Å². The standard InChI is InChI=1S/C14H20FN3O4.ClH/c1-9(2)5-10(7-16)17-14(19)8-22-11-3-4-13(18(20)21)12(15)6-11;/h3-4,6,9-10H,5,7-8,16H2,1-2H3,(H,17,19);1H. The van der Waals surface area contributed by atoms with Crippen LogP contribution < -0.4 is 15.8 Å². The van der Waals surface area contributed by atoms with Crippen LogP contribution in [0.4, 0.5) is 10.1 Å². The molecule has 23 heavy (non-hydrogen) atoms. The molecule has 1 rings (SSSR count). The number of halogens is 2. The Hall–Kier alpha value is -1.93. The molecule has 0 fully saturated rings. The Balaban J connectivity index is 0.00000484. The van der Waals surface area contributed by atoms with E-state index >= 15 is 0 Å². The van der Waals surface area contributed by atoms with Gasteiger partial charge in [-0.05, 0) is 18.4 Å². The molecule has 0 spiro atoms. The molecule has 7 nitrogen and oxygen atoms in total. The van der Waals surface area contributed by atoms with Crippen LogP contribution in [0.1, 0.15) is 20.3 Å². The number of nitrogens with two attached hydrogens (primary N) is 1. The summed E-state index contributed by atoms with van der Waals surface area (Å²) in [6, 6.07) is 2.96. The lowest BCUT2D eigenvalue weighted by molar-refractivity contribution is -0.387. The molecule has 1 atom stereocenters. The van der Waals surface area contributed by atoms with E-state index < -0.39 is 16.4 Å². The Kier molecular flexibility index (Phi) is 9.12. The van der Waals surface area contributed by atoms with Gasteiger partial charge in [0, 0.05) is 24.7 Å². The highest BCUT2D eigenvalue weighted by atomic mass is 35.5. The molecular formula is C14H21ClFN3O4. The number of hydrogen-bond donors (Lipinski definition) is 2. The summed E-state index contributed by atoms with van der Waals surface area (Å²) in [7, 11) is 0. The van der Waals surface area contributed by atoms with Crippen molar-refractivity contribution in [2.45, 2.75) is 26.3 Å². The van der Waals surface area contributed by atoms with Crippen LogP contribution in [-0.4, -0.2) is 30.0 Å². The number of hydrogen-bond acceptors (Lipinski definition) is 5. The van der Waals surface area contributed by atoms with Crippen LogP contribution in [0.25, 0.3) is 0 Å². The van der Waals surface area contributed by atoms with E-state index in [1.165, 1.54) is 6.07 Å². The molecule has 0 bridgehead atoms. The number of nitrogens with zero attached hydrogens (tertiary/aromatic N) is 1. The van der Waals surface area contributed by atoms with E-state index in [9.17, 15) is 19.3 Å². The van der Waals surface area contributed by atoms with Crippen molar-refractivity contribution in [2.24, 2.45) is 11.7 Å². The molecule has 0 aliphatic carbocycles. The van der Waals surface area contributed by atoms with Gasteiger partial charge in [0.2, 0.25) is 5.82 Å². The summed E-state index contributed by atoms with van der Waals surface area (Å²) in [4.78, 5) is 21.4. The van der Waals surface area contributed by atoms with Gasteiger partial charge in [-0.3, -0.25) is 14.9 Å². The molecule has 0 heterocycles. The maximum absolute atomic E-state index is 13.4. The van der Waals surface area contributed by atoms with Gasteiger partial charge in [0.25, 0.3) is 5.91 Å². The first-order chi connectivity index (χ1) is 10.3. The third kappa shape index (κ3) is 7.25. The van der Waals surface area contributed by atoms with Crippen molar-refractivity contribution in [3.05, 3.63) is 34.1 Å². The molecule has 3 N–H and O–H groups in total. The third-order valence-electron chi connectivity index (χ3n) is 2.89. The number of nitro groups is 1. The summed E-state index contributed by atoms with van der Waals surface area (Å²) in [6.45, 7) is 4.04. The molecule has 1 unspecified atom stereocenters. The second-order valence-corrected chi connectivity index (χ2v) is 5.29. The average Bonchev–Trinajstić information content (AvgIpc) is 2.43. The first-order valence-electron chi connectivity index (χ1n) is 6.89.